The van der Waals surface area contributed by atoms with E-state index < -0.39 is 5.97 Å². The van der Waals surface area contributed by atoms with E-state index in [9.17, 15) is 9.18 Å². The predicted octanol–water partition coefficient (Wildman–Crippen LogP) is 2.45. The second kappa shape index (κ2) is 4.91. The summed E-state index contributed by atoms with van der Waals surface area (Å²) in [6, 6.07) is 6.83. The molecule has 0 aliphatic rings. The summed E-state index contributed by atoms with van der Waals surface area (Å²) < 4.78 is 19.5. The number of esters is 1. The molecule has 0 unspecified atom stereocenters. The van der Waals surface area contributed by atoms with E-state index in [4.69, 9.17) is 10.5 Å². The quantitative estimate of drug-likeness (QED) is 0.670. The summed E-state index contributed by atoms with van der Waals surface area (Å²) >= 11 is 0. The summed E-state index contributed by atoms with van der Waals surface area (Å²) in [5.41, 5.74) is 6.10. The molecule has 0 amide bonds. The van der Waals surface area contributed by atoms with Crippen molar-refractivity contribution in [2.24, 2.45) is 0 Å². The van der Waals surface area contributed by atoms with Crippen LogP contribution in [-0.2, 0) is 6.54 Å². The Labute approximate surface area is 104 Å². The van der Waals surface area contributed by atoms with Crippen molar-refractivity contribution in [1.82, 2.24) is 4.57 Å². The summed E-state index contributed by atoms with van der Waals surface area (Å²) in [6.07, 6.45) is 1.72. The Morgan fingerprint density at radius 3 is 2.56 bits per heavy atom. The van der Waals surface area contributed by atoms with E-state index in [2.05, 4.69) is 0 Å². The second-order valence-corrected chi connectivity index (χ2v) is 3.74. The number of nitrogens with zero attached hydrogens (tertiary/aromatic N) is 1. The molecule has 18 heavy (non-hydrogen) atoms. The first-order chi connectivity index (χ1) is 8.61. The number of ether oxygens (including phenoxy) is 1. The van der Waals surface area contributed by atoms with Gasteiger partial charge in [0.2, 0.25) is 0 Å². The average molecular weight is 248 g/mol. The lowest BCUT2D eigenvalue weighted by molar-refractivity contribution is 0.0736. The van der Waals surface area contributed by atoms with E-state index in [1.807, 2.05) is 6.92 Å². The molecule has 2 aromatic rings. The zero-order valence-electron chi connectivity index (χ0n) is 9.89. The highest BCUT2D eigenvalue weighted by Crippen LogP contribution is 2.18. The van der Waals surface area contributed by atoms with Gasteiger partial charge in [-0.15, -0.1) is 0 Å². The van der Waals surface area contributed by atoms with Crippen molar-refractivity contribution < 1.29 is 13.9 Å². The second-order valence-electron chi connectivity index (χ2n) is 3.74. The van der Waals surface area contributed by atoms with Gasteiger partial charge in [-0.05, 0) is 37.3 Å². The maximum absolute atomic E-state index is 12.7. The Hall–Kier alpha value is -2.30. The normalized spacial score (nSPS) is 10.3. The molecule has 2 rings (SSSR count). The summed E-state index contributed by atoms with van der Waals surface area (Å²) in [4.78, 5) is 11.8. The number of carbonyl (C=O) groups excluding carboxylic acids is 1. The smallest absolute Gasteiger partial charge is 0.347 e. The summed E-state index contributed by atoms with van der Waals surface area (Å²) in [7, 11) is 0. The topological polar surface area (TPSA) is 57.2 Å². The van der Waals surface area contributed by atoms with Crippen molar-refractivity contribution in [1.29, 1.82) is 0 Å². The maximum atomic E-state index is 12.7. The highest BCUT2D eigenvalue weighted by Gasteiger charge is 2.15. The van der Waals surface area contributed by atoms with E-state index >= 15 is 0 Å². The van der Waals surface area contributed by atoms with Crippen molar-refractivity contribution in [2.75, 3.05) is 5.73 Å². The third-order valence-corrected chi connectivity index (χ3v) is 2.59. The van der Waals surface area contributed by atoms with E-state index in [1.54, 1.807) is 16.8 Å². The van der Waals surface area contributed by atoms with Crippen LogP contribution in [0.15, 0.2) is 36.5 Å². The lowest BCUT2D eigenvalue weighted by atomic mass is 10.3. The molecule has 0 spiro atoms. The molecule has 0 aliphatic carbocycles. The number of anilines is 1. The van der Waals surface area contributed by atoms with Crippen molar-refractivity contribution in [3.63, 3.8) is 0 Å². The molecule has 1 aromatic carbocycles. The third-order valence-electron chi connectivity index (χ3n) is 2.59. The number of aryl methyl sites for hydroxylation is 1. The van der Waals surface area contributed by atoms with Crippen LogP contribution >= 0.6 is 0 Å². The largest absolute Gasteiger partial charge is 0.423 e. The fourth-order valence-corrected chi connectivity index (χ4v) is 1.60. The molecule has 2 N–H and O–H groups in total. The van der Waals surface area contributed by atoms with Crippen LogP contribution in [0.4, 0.5) is 10.2 Å². The number of carbonyl (C=O) groups is 1. The van der Waals surface area contributed by atoms with Crippen molar-refractivity contribution in [2.45, 2.75) is 13.5 Å². The number of halogens is 1. The zero-order chi connectivity index (χ0) is 13.1. The van der Waals surface area contributed by atoms with Gasteiger partial charge in [0.05, 0.1) is 0 Å². The van der Waals surface area contributed by atoms with Gasteiger partial charge in [-0.3, -0.25) is 0 Å². The fourth-order valence-electron chi connectivity index (χ4n) is 1.60. The summed E-state index contributed by atoms with van der Waals surface area (Å²) in [5, 5.41) is 0. The highest BCUT2D eigenvalue weighted by atomic mass is 19.1. The molecule has 0 saturated carbocycles. The minimum absolute atomic E-state index is 0.282. The first kappa shape index (κ1) is 12.2. The van der Waals surface area contributed by atoms with Crippen LogP contribution in [0.25, 0.3) is 0 Å². The number of rotatable bonds is 3. The van der Waals surface area contributed by atoms with E-state index in [0.29, 0.717) is 17.9 Å². The molecule has 0 saturated heterocycles. The van der Waals surface area contributed by atoms with Crippen LogP contribution in [0.3, 0.4) is 0 Å². The standard InChI is InChI=1S/C13H13FN2O2/c1-2-16-8-7-11(12(16)15)13(17)18-10-5-3-9(14)4-6-10/h3-8H,2,15H2,1H3. The van der Waals surface area contributed by atoms with Crippen molar-refractivity contribution >= 4 is 11.8 Å². The Kier molecular flexibility index (Phi) is 3.32. The first-order valence-corrected chi connectivity index (χ1v) is 5.54. The Bertz CT molecular complexity index is 561. The van der Waals surface area contributed by atoms with Crippen LogP contribution in [0, 0.1) is 5.82 Å². The molecule has 1 aromatic heterocycles. The Morgan fingerprint density at radius 1 is 1.33 bits per heavy atom. The van der Waals surface area contributed by atoms with Gasteiger partial charge in [-0.25, -0.2) is 9.18 Å². The van der Waals surface area contributed by atoms with Gasteiger partial charge >= 0.3 is 5.97 Å². The molecule has 0 aliphatic heterocycles. The zero-order valence-corrected chi connectivity index (χ0v) is 9.89. The van der Waals surface area contributed by atoms with Crippen LogP contribution in [0.1, 0.15) is 17.3 Å². The fraction of sp³-hybridized carbons (Fsp3) is 0.154. The average Bonchev–Trinajstić information content (AvgIpc) is 2.73. The Balaban J connectivity index is 2.16. The lowest BCUT2D eigenvalue weighted by Gasteiger charge is -2.05. The van der Waals surface area contributed by atoms with Crippen molar-refractivity contribution in [3.05, 3.63) is 47.9 Å². The van der Waals surface area contributed by atoms with Crippen LogP contribution in [0.5, 0.6) is 5.75 Å². The van der Waals surface area contributed by atoms with Gasteiger partial charge in [0, 0.05) is 12.7 Å². The Morgan fingerprint density at radius 2 is 2.00 bits per heavy atom. The van der Waals surface area contributed by atoms with E-state index in [1.165, 1.54) is 24.3 Å². The number of hydrogen-bond donors (Lipinski definition) is 1. The van der Waals surface area contributed by atoms with E-state index in [0.717, 1.165) is 0 Å². The van der Waals surface area contributed by atoms with Crippen LogP contribution < -0.4 is 10.5 Å². The van der Waals surface area contributed by atoms with E-state index in [-0.39, 0.29) is 11.6 Å². The molecule has 0 atom stereocenters. The number of aromatic nitrogens is 1. The summed E-state index contributed by atoms with van der Waals surface area (Å²) in [5.74, 6) is -0.285. The molecule has 94 valence electrons. The molecular weight excluding hydrogens is 235 g/mol. The van der Waals surface area contributed by atoms with Crippen LogP contribution in [0.2, 0.25) is 0 Å². The highest BCUT2D eigenvalue weighted by molar-refractivity contribution is 5.95. The molecule has 0 bridgehead atoms. The predicted molar refractivity (Wildman–Crippen MR) is 65.9 cm³/mol. The van der Waals surface area contributed by atoms with Gasteiger partial charge in [-0.2, -0.15) is 0 Å². The molecule has 5 heteroatoms. The summed E-state index contributed by atoms with van der Waals surface area (Å²) in [6.45, 7) is 2.60. The van der Waals surface area contributed by atoms with Gasteiger partial charge in [0.25, 0.3) is 0 Å². The van der Waals surface area contributed by atoms with Gasteiger partial charge in [-0.1, -0.05) is 0 Å². The SMILES string of the molecule is CCn1ccc(C(=O)Oc2ccc(F)cc2)c1N. The molecule has 0 radical (unpaired) electrons. The number of benzene rings is 1. The first-order valence-electron chi connectivity index (χ1n) is 5.54. The monoisotopic (exact) mass is 248 g/mol. The van der Waals surface area contributed by atoms with Gasteiger partial charge < -0.3 is 15.0 Å². The number of nitrogen functional groups attached to an aromatic ring is 1. The third kappa shape index (κ3) is 2.34. The molecule has 1 heterocycles. The van der Waals surface area contributed by atoms with Gasteiger partial charge in [0.15, 0.2) is 0 Å². The maximum Gasteiger partial charge on any atom is 0.347 e. The number of hydrogen-bond acceptors (Lipinski definition) is 3. The van der Waals surface area contributed by atoms with Gasteiger partial charge in [0.1, 0.15) is 22.9 Å². The molecular formula is C13H13FN2O2. The van der Waals surface area contributed by atoms with Crippen LogP contribution in [-0.4, -0.2) is 10.5 Å². The minimum Gasteiger partial charge on any atom is -0.423 e. The lowest BCUT2D eigenvalue weighted by Crippen LogP contribution is -2.11. The minimum atomic E-state index is -0.550. The molecule has 4 nitrogen and oxygen atoms in total. The number of nitrogens with two attached hydrogens (primary N) is 1. The molecule has 0 fully saturated rings. The van der Waals surface area contributed by atoms with Crippen molar-refractivity contribution in [3.8, 4) is 5.75 Å².